The average molecular weight is 403 g/mol. The molecule has 1 N–H and O–H groups in total. The van der Waals surface area contributed by atoms with Gasteiger partial charge in [-0.1, -0.05) is 23.5 Å². The molecule has 0 aliphatic carbocycles. The lowest BCUT2D eigenvalue weighted by atomic mass is 10.0. The van der Waals surface area contributed by atoms with Crippen LogP contribution in [0.15, 0.2) is 24.3 Å². The molecule has 1 aliphatic rings. The first kappa shape index (κ1) is 18.8. The van der Waals surface area contributed by atoms with Crippen molar-refractivity contribution in [3.63, 3.8) is 0 Å². The van der Waals surface area contributed by atoms with Gasteiger partial charge in [0.2, 0.25) is 10.8 Å². The van der Waals surface area contributed by atoms with E-state index < -0.39 is 4.92 Å². The molecule has 148 valence electrons. The van der Waals surface area contributed by atoms with E-state index in [1.54, 1.807) is 19.1 Å². The third kappa shape index (κ3) is 3.34. The summed E-state index contributed by atoms with van der Waals surface area (Å²) >= 11 is 1.38. The number of hydrogen-bond acceptors (Lipinski definition) is 8. The predicted octanol–water partition coefficient (Wildman–Crippen LogP) is 2.91. The lowest BCUT2D eigenvalue weighted by Gasteiger charge is -2.40. The molecule has 1 aromatic carbocycles. The van der Waals surface area contributed by atoms with E-state index in [0.29, 0.717) is 28.8 Å². The Kier molecular flexibility index (Phi) is 4.77. The van der Waals surface area contributed by atoms with E-state index in [1.165, 1.54) is 28.0 Å². The first-order valence-electron chi connectivity index (χ1n) is 9.02. The van der Waals surface area contributed by atoms with Gasteiger partial charge in [-0.15, -0.1) is 5.10 Å². The highest BCUT2D eigenvalue weighted by Crippen LogP contribution is 2.41. The third-order valence-corrected chi connectivity index (χ3v) is 5.86. The van der Waals surface area contributed by atoms with Gasteiger partial charge >= 0.3 is 0 Å². The summed E-state index contributed by atoms with van der Waals surface area (Å²) in [6.07, 6.45) is 0.0757. The molecule has 0 amide bonds. The second kappa shape index (κ2) is 7.12. The molecule has 0 spiro atoms. The number of morpholine rings is 1. The number of ether oxygens (including phenoxy) is 1. The van der Waals surface area contributed by atoms with Gasteiger partial charge in [0.25, 0.3) is 5.69 Å². The fraction of sp³-hybridized carbons (Fsp3) is 0.444. The van der Waals surface area contributed by atoms with Crippen LogP contribution in [0, 0.1) is 17.0 Å². The van der Waals surface area contributed by atoms with Crippen molar-refractivity contribution in [1.29, 1.82) is 0 Å². The van der Waals surface area contributed by atoms with Gasteiger partial charge < -0.3 is 9.84 Å². The summed E-state index contributed by atoms with van der Waals surface area (Å²) in [6, 6.07) is 6.20. The van der Waals surface area contributed by atoms with Gasteiger partial charge in [-0.3, -0.25) is 15.0 Å². The molecular formula is C18H21N5O4S. The fourth-order valence-electron chi connectivity index (χ4n) is 3.76. The minimum absolute atomic E-state index is 0.0358. The van der Waals surface area contributed by atoms with Gasteiger partial charge in [-0.25, -0.2) is 4.98 Å². The number of nitro groups is 1. The monoisotopic (exact) mass is 403 g/mol. The van der Waals surface area contributed by atoms with Crippen molar-refractivity contribution < 1.29 is 14.8 Å². The molecule has 2 aromatic heterocycles. The minimum Gasteiger partial charge on any atom is -0.492 e. The molecule has 9 nitrogen and oxygen atoms in total. The summed E-state index contributed by atoms with van der Waals surface area (Å²) in [6.45, 7) is 7.16. The van der Waals surface area contributed by atoms with E-state index in [1.807, 2.05) is 13.8 Å². The molecule has 1 fully saturated rings. The van der Waals surface area contributed by atoms with Crippen LogP contribution in [-0.4, -0.2) is 54.8 Å². The third-order valence-electron chi connectivity index (χ3n) is 4.79. The lowest BCUT2D eigenvalue weighted by molar-refractivity contribution is -0.384. The number of aromatic hydroxyl groups is 1. The Morgan fingerprint density at radius 3 is 2.50 bits per heavy atom. The predicted molar refractivity (Wildman–Crippen MR) is 104 cm³/mol. The Morgan fingerprint density at radius 2 is 1.93 bits per heavy atom. The van der Waals surface area contributed by atoms with Crippen LogP contribution >= 0.6 is 11.3 Å². The first-order valence-corrected chi connectivity index (χ1v) is 9.84. The van der Waals surface area contributed by atoms with Crippen molar-refractivity contribution in [2.45, 2.75) is 39.0 Å². The van der Waals surface area contributed by atoms with Crippen LogP contribution in [0.5, 0.6) is 5.88 Å². The molecule has 28 heavy (non-hydrogen) atoms. The molecule has 3 atom stereocenters. The van der Waals surface area contributed by atoms with E-state index in [-0.39, 0.29) is 29.8 Å². The number of benzene rings is 1. The molecule has 1 saturated heterocycles. The molecule has 0 radical (unpaired) electrons. The largest absolute Gasteiger partial charge is 0.492 e. The van der Waals surface area contributed by atoms with E-state index in [9.17, 15) is 15.2 Å². The van der Waals surface area contributed by atoms with Crippen LogP contribution < -0.4 is 0 Å². The molecule has 3 aromatic rings. The number of non-ortho nitro benzene ring substituents is 1. The van der Waals surface area contributed by atoms with Crippen molar-refractivity contribution in [3.05, 3.63) is 50.6 Å². The maximum atomic E-state index is 11.0. The van der Waals surface area contributed by atoms with Crippen LogP contribution in [0.2, 0.25) is 0 Å². The van der Waals surface area contributed by atoms with E-state index in [0.717, 1.165) is 5.56 Å². The Morgan fingerprint density at radius 1 is 1.29 bits per heavy atom. The maximum absolute atomic E-state index is 11.0. The SMILES string of the molecule is Cc1nc2sc([C@H](c3ccc([N+](=O)[O-])cc3)N3C[C@@H](C)O[C@H](C)C3)c(O)n2n1. The Bertz CT molecular complexity index is 1010. The molecule has 10 heteroatoms. The number of aromatic nitrogens is 3. The summed E-state index contributed by atoms with van der Waals surface area (Å²) in [5.41, 5.74) is 0.900. The quantitative estimate of drug-likeness (QED) is 0.527. The summed E-state index contributed by atoms with van der Waals surface area (Å²) in [7, 11) is 0. The molecule has 3 heterocycles. The fourth-order valence-corrected chi connectivity index (χ4v) is 4.92. The highest BCUT2D eigenvalue weighted by Gasteiger charge is 2.34. The molecule has 4 rings (SSSR count). The highest BCUT2D eigenvalue weighted by atomic mass is 32.1. The van der Waals surface area contributed by atoms with E-state index in [2.05, 4.69) is 15.0 Å². The van der Waals surface area contributed by atoms with Crippen LogP contribution in [0.1, 0.15) is 36.2 Å². The van der Waals surface area contributed by atoms with Crippen molar-refractivity contribution in [1.82, 2.24) is 19.5 Å². The number of aryl methyl sites for hydroxylation is 1. The van der Waals surface area contributed by atoms with Gasteiger partial charge in [-0.05, 0) is 26.3 Å². The van der Waals surface area contributed by atoms with E-state index in [4.69, 9.17) is 4.74 Å². The summed E-state index contributed by atoms with van der Waals surface area (Å²) in [4.78, 5) is 18.5. The van der Waals surface area contributed by atoms with Crippen molar-refractivity contribution in [2.24, 2.45) is 0 Å². The van der Waals surface area contributed by atoms with Crippen molar-refractivity contribution in [3.8, 4) is 5.88 Å². The van der Waals surface area contributed by atoms with Crippen molar-refractivity contribution >= 4 is 22.0 Å². The van der Waals surface area contributed by atoms with Gasteiger partial charge in [0.1, 0.15) is 5.82 Å². The van der Waals surface area contributed by atoms with Gasteiger partial charge in [0, 0.05) is 25.2 Å². The van der Waals surface area contributed by atoms with Gasteiger partial charge in [0.05, 0.1) is 28.1 Å². The number of rotatable bonds is 4. The van der Waals surface area contributed by atoms with Crippen LogP contribution in [0.25, 0.3) is 4.96 Å². The van der Waals surface area contributed by atoms with Crippen molar-refractivity contribution in [2.75, 3.05) is 13.1 Å². The minimum atomic E-state index is -0.416. The Balaban J connectivity index is 1.81. The standard InChI is InChI=1S/C18H21N5O4S/c1-10-8-21(9-11(2)27-10)15(13-4-6-14(7-5-13)23(25)26)16-17(24)22-18(28-16)19-12(3)20-22/h4-7,10-11,15,24H,8-9H2,1-3H3/t10-,11-,15+/m1/s1. The normalized spacial score (nSPS) is 21.8. The molecular weight excluding hydrogens is 382 g/mol. The second-order valence-electron chi connectivity index (χ2n) is 7.11. The summed E-state index contributed by atoms with van der Waals surface area (Å²) in [5, 5.41) is 26.1. The summed E-state index contributed by atoms with van der Waals surface area (Å²) < 4.78 is 7.30. The van der Waals surface area contributed by atoms with Crippen LogP contribution in [0.3, 0.4) is 0 Å². The highest BCUT2D eigenvalue weighted by molar-refractivity contribution is 7.17. The van der Waals surface area contributed by atoms with Gasteiger partial charge in [0.15, 0.2) is 0 Å². The molecule has 0 saturated carbocycles. The zero-order chi connectivity index (χ0) is 20.0. The number of thiazole rings is 1. The van der Waals surface area contributed by atoms with Crippen LogP contribution in [-0.2, 0) is 4.74 Å². The van der Waals surface area contributed by atoms with E-state index >= 15 is 0 Å². The zero-order valence-corrected chi connectivity index (χ0v) is 16.6. The topological polar surface area (TPSA) is 106 Å². The number of nitro benzene ring substituents is 1. The molecule has 1 aliphatic heterocycles. The zero-order valence-electron chi connectivity index (χ0n) is 15.8. The second-order valence-corrected chi connectivity index (χ2v) is 8.11. The maximum Gasteiger partial charge on any atom is 0.269 e. The summed E-state index contributed by atoms with van der Waals surface area (Å²) in [5.74, 6) is 0.643. The molecule has 0 bridgehead atoms. The average Bonchev–Trinajstić information content (AvgIpc) is 3.13. The Labute approximate surface area is 165 Å². The Hall–Kier alpha value is -2.56. The smallest absolute Gasteiger partial charge is 0.269 e. The van der Waals surface area contributed by atoms with Gasteiger partial charge in [-0.2, -0.15) is 4.52 Å². The first-order chi connectivity index (χ1) is 13.3. The number of hydrogen-bond donors (Lipinski definition) is 1. The number of fused-ring (bicyclic) bond motifs is 1. The van der Waals surface area contributed by atoms with Crippen LogP contribution in [0.4, 0.5) is 5.69 Å². The molecule has 0 unspecified atom stereocenters. The number of nitrogens with zero attached hydrogens (tertiary/aromatic N) is 5. The lowest BCUT2D eigenvalue weighted by Crippen LogP contribution is -2.47.